The number of nitriles is 1. The van der Waals surface area contributed by atoms with E-state index in [-0.39, 0.29) is 18.1 Å². The molecule has 35 heavy (non-hydrogen) atoms. The molecule has 3 aromatic rings. The molecule has 0 saturated heterocycles. The normalized spacial score (nSPS) is 10.8. The van der Waals surface area contributed by atoms with Gasteiger partial charge in [-0.15, -0.1) is 0 Å². The predicted octanol–water partition coefficient (Wildman–Crippen LogP) is 5.98. The summed E-state index contributed by atoms with van der Waals surface area (Å²) in [5.41, 5.74) is 2.61. The van der Waals surface area contributed by atoms with Gasteiger partial charge in [0.15, 0.2) is 18.1 Å². The Morgan fingerprint density at radius 1 is 1.09 bits per heavy atom. The molecule has 0 aliphatic heterocycles. The van der Waals surface area contributed by atoms with Gasteiger partial charge in [0.05, 0.1) is 11.6 Å². The third kappa shape index (κ3) is 7.34. The van der Waals surface area contributed by atoms with Gasteiger partial charge in [-0.05, 0) is 88.6 Å². The van der Waals surface area contributed by atoms with Crippen molar-refractivity contribution >= 4 is 56.8 Å². The molecule has 0 aliphatic rings. The number of methoxy groups -OCH3 is 1. The van der Waals surface area contributed by atoms with E-state index < -0.39 is 5.91 Å². The van der Waals surface area contributed by atoms with Crippen LogP contribution in [0, 0.1) is 18.3 Å². The molecule has 2 N–H and O–H groups in total. The van der Waals surface area contributed by atoms with Gasteiger partial charge in [0.25, 0.3) is 11.8 Å². The zero-order valence-corrected chi connectivity index (χ0v) is 21.2. The zero-order valence-electron chi connectivity index (χ0n) is 18.9. The number of amides is 2. The van der Waals surface area contributed by atoms with E-state index in [4.69, 9.17) is 21.1 Å². The summed E-state index contributed by atoms with van der Waals surface area (Å²) in [4.78, 5) is 24.9. The largest absolute Gasteiger partial charge is 0.493 e. The second kappa shape index (κ2) is 12.1. The molecule has 2 amide bonds. The highest BCUT2D eigenvalue weighted by molar-refractivity contribution is 9.10. The molecule has 0 unspecified atom stereocenters. The first-order chi connectivity index (χ1) is 16.8. The molecular formula is C26H21BrClN3O4. The lowest BCUT2D eigenvalue weighted by atomic mass is 10.1. The van der Waals surface area contributed by atoms with Gasteiger partial charge in [-0.1, -0.05) is 23.7 Å². The molecule has 0 fully saturated rings. The van der Waals surface area contributed by atoms with Crippen LogP contribution in [0.5, 0.6) is 11.5 Å². The third-order valence-corrected chi connectivity index (χ3v) is 5.52. The number of hydrogen-bond donors (Lipinski definition) is 2. The smallest absolute Gasteiger partial charge is 0.266 e. The number of halogens is 2. The number of nitrogens with one attached hydrogen (secondary N) is 2. The van der Waals surface area contributed by atoms with Gasteiger partial charge in [0.2, 0.25) is 0 Å². The summed E-state index contributed by atoms with van der Waals surface area (Å²) in [5, 5.41) is 15.5. The van der Waals surface area contributed by atoms with Gasteiger partial charge < -0.3 is 20.1 Å². The van der Waals surface area contributed by atoms with Crippen molar-refractivity contribution in [1.29, 1.82) is 5.26 Å². The number of carbonyl (C=O) groups excluding carboxylic acids is 2. The molecule has 0 saturated carbocycles. The summed E-state index contributed by atoms with van der Waals surface area (Å²) in [6.07, 6.45) is 1.44. The highest BCUT2D eigenvalue weighted by Crippen LogP contribution is 2.37. The summed E-state index contributed by atoms with van der Waals surface area (Å²) in [6.45, 7) is 1.64. The number of ether oxygens (including phenoxy) is 2. The summed E-state index contributed by atoms with van der Waals surface area (Å²) < 4.78 is 11.6. The van der Waals surface area contributed by atoms with Crippen molar-refractivity contribution in [2.75, 3.05) is 24.4 Å². The summed E-state index contributed by atoms with van der Waals surface area (Å²) in [7, 11) is 1.45. The standard InChI is InChI=1S/C26H21BrClN3O4/c1-16-4-3-5-21(10-16)31-26(33)18(14-29)11-17-12-22(27)25(23(13-17)34-2)35-15-24(32)30-20-8-6-19(28)7-9-20/h3-13H,15H2,1-2H3,(H,30,32)(H,31,33)/b18-11+. The molecule has 9 heteroatoms. The lowest BCUT2D eigenvalue weighted by molar-refractivity contribution is -0.118. The summed E-state index contributed by atoms with van der Waals surface area (Å²) in [5.74, 6) is -0.280. The lowest BCUT2D eigenvalue weighted by Gasteiger charge is -2.14. The van der Waals surface area contributed by atoms with E-state index in [0.717, 1.165) is 5.56 Å². The molecule has 0 atom stereocenters. The van der Waals surface area contributed by atoms with Gasteiger partial charge in [0.1, 0.15) is 11.6 Å². The van der Waals surface area contributed by atoms with Crippen molar-refractivity contribution in [2.45, 2.75) is 6.92 Å². The molecule has 0 radical (unpaired) electrons. The lowest BCUT2D eigenvalue weighted by Crippen LogP contribution is -2.20. The van der Waals surface area contributed by atoms with Crippen molar-refractivity contribution in [3.63, 3.8) is 0 Å². The molecule has 0 bridgehead atoms. The van der Waals surface area contributed by atoms with E-state index in [0.29, 0.717) is 37.9 Å². The van der Waals surface area contributed by atoms with Crippen LogP contribution in [0.15, 0.2) is 70.7 Å². The van der Waals surface area contributed by atoms with Crippen molar-refractivity contribution in [1.82, 2.24) is 0 Å². The minimum atomic E-state index is -0.535. The van der Waals surface area contributed by atoms with E-state index in [2.05, 4.69) is 26.6 Å². The van der Waals surface area contributed by atoms with E-state index >= 15 is 0 Å². The Labute approximate surface area is 216 Å². The van der Waals surface area contributed by atoms with Crippen molar-refractivity contribution in [3.05, 3.63) is 86.9 Å². The molecule has 3 rings (SSSR count). The van der Waals surface area contributed by atoms with E-state index in [1.165, 1.54) is 13.2 Å². The molecule has 7 nitrogen and oxygen atoms in total. The summed E-state index contributed by atoms with van der Waals surface area (Å²) >= 11 is 9.26. The Morgan fingerprint density at radius 2 is 1.83 bits per heavy atom. The molecule has 178 valence electrons. The number of carbonyl (C=O) groups is 2. The van der Waals surface area contributed by atoms with Gasteiger partial charge in [0, 0.05) is 16.4 Å². The number of aryl methyl sites for hydroxylation is 1. The number of nitrogens with zero attached hydrogens (tertiary/aromatic N) is 1. The Balaban J connectivity index is 1.73. The Bertz CT molecular complexity index is 1320. The fourth-order valence-corrected chi connectivity index (χ4v) is 3.77. The van der Waals surface area contributed by atoms with Crippen LogP contribution in [0.1, 0.15) is 11.1 Å². The number of rotatable bonds is 8. The van der Waals surface area contributed by atoms with Gasteiger partial charge in [-0.3, -0.25) is 9.59 Å². The predicted molar refractivity (Wildman–Crippen MR) is 140 cm³/mol. The van der Waals surface area contributed by atoms with Crippen LogP contribution >= 0.6 is 27.5 Å². The van der Waals surface area contributed by atoms with Crippen molar-refractivity contribution < 1.29 is 19.1 Å². The second-order valence-electron chi connectivity index (χ2n) is 7.37. The minimum Gasteiger partial charge on any atom is -0.493 e. The Morgan fingerprint density at radius 3 is 2.49 bits per heavy atom. The van der Waals surface area contributed by atoms with Crippen LogP contribution in [-0.2, 0) is 9.59 Å². The Hall–Kier alpha value is -3.80. The minimum absolute atomic E-state index is 0.0866. The maximum Gasteiger partial charge on any atom is 0.266 e. The fourth-order valence-electron chi connectivity index (χ4n) is 3.07. The maximum atomic E-state index is 12.6. The third-order valence-electron chi connectivity index (χ3n) is 4.68. The average Bonchev–Trinajstić information content (AvgIpc) is 2.82. The average molecular weight is 555 g/mol. The first-order valence-corrected chi connectivity index (χ1v) is 11.5. The monoisotopic (exact) mass is 553 g/mol. The topological polar surface area (TPSA) is 100 Å². The molecule has 3 aromatic carbocycles. The fraction of sp³-hybridized carbons (Fsp3) is 0.115. The van der Waals surface area contributed by atoms with E-state index in [1.807, 2.05) is 31.2 Å². The maximum absolute atomic E-state index is 12.6. The molecular weight excluding hydrogens is 534 g/mol. The Kier molecular flexibility index (Phi) is 8.90. The van der Waals surface area contributed by atoms with Gasteiger partial charge >= 0.3 is 0 Å². The first-order valence-electron chi connectivity index (χ1n) is 10.3. The molecule has 0 aliphatic carbocycles. The van der Waals surface area contributed by atoms with Crippen LogP contribution in [0.3, 0.4) is 0 Å². The quantitative estimate of drug-likeness (QED) is 0.263. The van der Waals surface area contributed by atoms with E-state index in [1.54, 1.807) is 42.5 Å². The van der Waals surface area contributed by atoms with Crippen LogP contribution in [0.25, 0.3) is 6.08 Å². The van der Waals surface area contributed by atoms with E-state index in [9.17, 15) is 14.9 Å². The second-order valence-corrected chi connectivity index (χ2v) is 8.66. The number of hydrogen-bond acceptors (Lipinski definition) is 5. The van der Waals surface area contributed by atoms with Crippen molar-refractivity contribution in [2.24, 2.45) is 0 Å². The first kappa shape index (κ1) is 25.8. The van der Waals surface area contributed by atoms with Crippen molar-refractivity contribution in [3.8, 4) is 17.6 Å². The van der Waals surface area contributed by atoms with Gasteiger partial charge in [-0.2, -0.15) is 5.26 Å². The number of anilines is 2. The van der Waals surface area contributed by atoms with Crippen LogP contribution in [0.4, 0.5) is 11.4 Å². The molecule has 0 heterocycles. The summed E-state index contributed by atoms with van der Waals surface area (Å²) in [6, 6.07) is 19.2. The zero-order chi connectivity index (χ0) is 25.4. The van der Waals surface area contributed by atoms with Gasteiger partial charge in [-0.25, -0.2) is 0 Å². The highest BCUT2D eigenvalue weighted by atomic mass is 79.9. The van der Waals surface area contributed by atoms with Crippen LogP contribution < -0.4 is 20.1 Å². The van der Waals surface area contributed by atoms with Crippen LogP contribution in [0.2, 0.25) is 5.02 Å². The SMILES string of the molecule is COc1cc(/C=C(\C#N)C(=O)Nc2cccc(C)c2)cc(Br)c1OCC(=O)Nc1ccc(Cl)cc1. The highest BCUT2D eigenvalue weighted by Gasteiger charge is 2.15. The molecule has 0 aromatic heterocycles. The molecule has 0 spiro atoms. The van der Waals surface area contributed by atoms with Crippen LogP contribution in [-0.4, -0.2) is 25.5 Å². The number of benzene rings is 3.